The molecular weight excluding hydrogens is 499 g/mol. The van der Waals surface area contributed by atoms with E-state index in [0.717, 1.165) is 44.3 Å². The predicted octanol–water partition coefficient (Wildman–Crippen LogP) is 6.87. The van der Waals surface area contributed by atoms with E-state index in [9.17, 15) is 9.65 Å². The molecule has 3 nitrogen and oxygen atoms in total. The summed E-state index contributed by atoms with van der Waals surface area (Å²) in [6.45, 7) is 6.83. The number of aryl methyl sites for hydroxylation is 2. The van der Waals surface area contributed by atoms with Gasteiger partial charge in [-0.2, -0.15) is 9.83 Å². The van der Waals surface area contributed by atoms with Crippen molar-refractivity contribution in [2.24, 2.45) is 7.05 Å². The highest BCUT2D eigenvalue weighted by Crippen LogP contribution is 2.42. The Kier molecular flexibility index (Phi) is 4.98. The van der Waals surface area contributed by atoms with Gasteiger partial charge < -0.3 is 4.42 Å². The maximum atomic E-state index is 13.9. The molecule has 0 saturated carbocycles. The van der Waals surface area contributed by atoms with E-state index in [1.54, 1.807) is 10.6 Å². The molecule has 5 heteroatoms. The second-order valence-corrected chi connectivity index (χ2v) is 15.3. The lowest BCUT2D eigenvalue weighted by Gasteiger charge is -2.19. The van der Waals surface area contributed by atoms with Crippen molar-refractivity contribution in [3.05, 3.63) is 102 Å². The maximum Gasteiger partial charge on any atom is 0.216 e. The van der Waals surface area contributed by atoms with E-state index in [2.05, 4.69) is 73.8 Å². The second kappa shape index (κ2) is 8.23. The number of furan rings is 1. The molecule has 1 aliphatic rings. The molecule has 0 amide bonds. The number of hydrogen-bond donors (Lipinski definition) is 0. The van der Waals surface area contributed by atoms with Crippen LogP contribution in [-0.2, 0) is 7.05 Å². The summed E-state index contributed by atoms with van der Waals surface area (Å²) >= 11 is 0. The zero-order chi connectivity index (χ0) is 27.1. The molecule has 1 aliphatic heterocycles. The predicted molar refractivity (Wildman–Crippen MR) is 157 cm³/mol. The summed E-state index contributed by atoms with van der Waals surface area (Å²) in [7, 11) is -0.0510. The first kappa shape index (κ1) is 23.6. The Bertz CT molecular complexity index is 2050. The molecule has 3 heterocycles. The molecule has 0 aliphatic carbocycles. The van der Waals surface area contributed by atoms with E-state index in [-0.39, 0.29) is 5.82 Å². The fourth-order valence-corrected chi connectivity index (χ4v) is 9.50. The Hall–Kier alpha value is -4.53. The topological polar surface area (TPSA) is 40.8 Å². The van der Waals surface area contributed by atoms with Crippen LogP contribution in [0.5, 0.6) is 0 Å². The van der Waals surface area contributed by atoms with Gasteiger partial charge in [0.2, 0.25) is 11.9 Å². The number of nitrogens with zero attached hydrogens (tertiary/aromatic N) is 2. The lowest BCUT2D eigenvalue weighted by Crippen LogP contribution is -2.49. The van der Waals surface area contributed by atoms with Crippen LogP contribution in [0.3, 0.4) is 0 Å². The van der Waals surface area contributed by atoms with Gasteiger partial charge in [-0.3, -0.25) is 0 Å². The van der Waals surface area contributed by atoms with Gasteiger partial charge in [0, 0.05) is 22.4 Å². The summed E-state index contributed by atoms with van der Waals surface area (Å²) in [6.07, 6.45) is 1.48. The van der Waals surface area contributed by atoms with Crippen molar-refractivity contribution in [2.75, 3.05) is 0 Å². The highest BCUT2D eigenvalue weighted by atomic mass is 28.3. The molecule has 2 aromatic heterocycles. The van der Waals surface area contributed by atoms with Gasteiger partial charge in [-0.25, -0.2) is 4.39 Å². The van der Waals surface area contributed by atoms with Crippen LogP contribution in [0.1, 0.15) is 11.1 Å². The monoisotopic (exact) mass is 525 g/mol. The van der Waals surface area contributed by atoms with Crippen molar-refractivity contribution in [1.29, 1.82) is 5.26 Å². The third kappa shape index (κ3) is 3.28. The van der Waals surface area contributed by atoms with Crippen molar-refractivity contribution in [1.82, 2.24) is 0 Å². The number of pyridine rings is 1. The molecular formula is C34H26FN2OSi+. The zero-order valence-electron chi connectivity index (χ0n) is 22.3. The molecule has 0 unspecified atom stereocenters. The Morgan fingerprint density at radius 3 is 2.31 bits per heavy atom. The van der Waals surface area contributed by atoms with Gasteiger partial charge in [0.25, 0.3) is 0 Å². The number of aromatic nitrogens is 1. The maximum absolute atomic E-state index is 13.9. The van der Waals surface area contributed by atoms with Crippen molar-refractivity contribution in [3.8, 4) is 39.6 Å². The molecule has 0 atom stereocenters. The standard InChI is InChI=1S/C34H26FN2OSi/c1-20-9-13-26-27-15-11-22(18-36)32(34(27)38-33(26)31(20)28-16-12-23(35)19-37(28)2)21-10-14-25-24-7-5-6-8-29(24)39(3,4)30(25)17-21/h5-17,19H,1-4H3/q+1. The van der Waals surface area contributed by atoms with Crippen LogP contribution in [0.2, 0.25) is 13.1 Å². The van der Waals surface area contributed by atoms with Gasteiger partial charge >= 0.3 is 0 Å². The normalized spacial score (nSPS) is 13.4. The fraction of sp³-hybridized carbons (Fsp3) is 0.118. The molecule has 0 fully saturated rings. The van der Waals surface area contributed by atoms with Crippen LogP contribution in [0, 0.1) is 24.1 Å². The molecule has 7 rings (SSSR count). The first-order chi connectivity index (χ1) is 18.8. The van der Waals surface area contributed by atoms with Gasteiger partial charge in [-0.15, -0.1) is 0 Å². The third-order valence-corrected chi connectivity index (χ3v) is 11.9. The minimum Gasteiger partial charge on any atom is -0.454 e. The van der Waals surface area contributed by atoms with E-state index < -0.39 is 8.07 Å². The third-order valence-electron chi connectivity index (χ3n) is 8.36. The fourth-order valence-electron chi connectivity index (χ4n) is 6.39. The Morgan fingerprint density at radius 1 is 0.821 bits per heavy atom. The van der Waals surface area contributed by atoms with Crippen molar-refractivity contribution in [3.63, 3.8) is 0 Å². The largest absolute Gasteiger partial charge is 0.454 e. The Balaban J connectivity index is 1.52. The minimum absolute atomic E-state index is 0.290. The summed E-state index contributed by atoms with van der Waals surface area (Å²) in [4.78, 5) is 0. The Morgan fingerprint density at radius 2 is 1.54 bits per heavy atom. The van der Waals surface area contributed by atoms with E-state index in [1.807, 2.05) is 26.1 Å². The van der Waals surface area contributed by atoms with Crippen LogP contribution in [0.25, 0.3) is 55.4 Å². The van der Waals surface area contributed by atoms with Crippen LogP contribution >= 0.6 is 0 Å². The Labute approximate surface area is 227 Å². The van der Waals surface area contributed by atoms with E-state index in [0.29, 0.717) is 11.1 Å². The first-order valence-electron chi connectivity index (χ1n) is 13.1. The number of halogens is 1. The van der Waals surface area contributed by atoms with Crippen molar-refractivity contribution in [2.45, 2.75) is 20.0 Å². The SMILES string of the molecule is Cc1ccc2c(oc3c(-c4ccc5c(c4)[Si](C)(C)c4ccccc4-5)c(C#N)ccc32)c1-c1ccc(F)c[n+]1C. The lowest BCUT2D eigenvalue weighted by molar-refractivity contribution is -0.661. The smallest absolute Gasteiger partial charge is 0.216 e. The second-order valence-electron chi connectivity index (χ2n) is 11.0. The highest BCUT2D eigenvalue weighted by Gasteiger charge is 2.37. The van der Waals surface area contributed by atoms with Crippen LogP contribution < -0.4 is 14.9 Å². The zero-order valence-corrected chi connectivity index (χ0v) is 23.3. The van der Waals surface area contributed by atoms with E-state index in [4.69, 9.17) is 4.42 Å². The van der Waals surface area contributed by atoms with E-state index >= 15 is 0 Å². The minimum atomic E-state index is -1.89. The van der Waals surface area contributed by atoms with Gasteiger partial charge in [0.05, 0.1) is 17.2 Å². The summed E-state index contributed by atoms with van der Waals surface area (Å²) in [5, 5.41) is 14.9. The summed E-state index contributed by atoms with van der Waals surface area (Å²) < 4.78 is 22.4. The average Bonchev–Trinajstić information content (AvgIpc) is 3.41. The average molecular weight is 526 g/mol. The molecule has 0 saturated heterocycles. The first-order valence-corrected chi connectivity index (χ1v) is 16.1. The molecule has 4 aromatic carbocycles. The number of fused-ring (bicyclic) bond motifs is 6. The number of benzene rings is 4. The van der Waals surface area contributed by atoms with Gasteiger partial charge in [0.1, 0.15) is 26.3 Å². The number of hydrogen-bond acceptors (Lipinski definition) is 2. The number of nitriles is 1. The summed E-state index contributed by atoms with van der Waals surface area (Å²) in [5.41, 5.74) is 9.29. The van der Waals surface area contributed by atoms with Crippen molar-refractivity contribution < 1.29 is 13.4 Å². The molecule has 0 radical (unpaired) electrons. The molecule has 39 heavy (non-hydrogen) atoms. The van der Waals surface area contributed by atoms with Gasteiger partial charge in [-0.1, -0.05) is 67.7 Å². The van der Waals surface area contributed by atoms with Gasteiger partial charge in [-0.05, 0) is 57.8 Å². The molecule has 188 valence electrons. The van der Waals surface area contributed by atoms with Crippen LogP contribution in [0.4, 0.5) is 4.39 Å². The highest BCUT2D eigenvalue weighted by molar-refractivity contribution is 7.03. The summed E-state index contributed by atoms with van der Waals surface area (Å²) in [6, 6.07) is 29.1. The quantitative estimate of drug-likeness (QED) is 0.183. The van der Waals surface area contributed by atoms with Crippen LogP contribution in [0.15, 0.2) is 89.5 Å². The lowest BCUT2D eigenvalue weighted by atomic mass is 9.95. The molecule has 0 N–H and O–H groups in total. The number of rotatable bonds is 2. The molecule has 0 spiro atoms. The van der Waals surface area contributed by atoms with Crippen molar-refractivity contribution >= 4 is 40.4 Å². The molecule has 6 aromatic rings. The summed E-state index contributed by atoms with van der Waals surface area (Å²) in [5.74, 6) is -0.290. The van der Waals surface area contributed by atoms with E-state index in [1.165, 1.54) is 33.8 Å². The van der Waals surface area contributed by atoms with Crippen LogP contribution in [-0.4, -0.2) is 8.07 Å². The van der Waals surface area contributed by atoms with Gasteiger partial charge in [0.15, 0.2) is 5.82 Å². The molecule has 0 bridgehead atoms.